The summed E-state index contributed by atoms with van der Waals surface area (Å²) in [6, 6.07) is 4.98. The second-order valence-electron chi connectivity index (χ2n) is 3.78. The van der Waals surface area contributed by atoms with Crippen LogP contribution in [-0.4, -0.2) is 32.3 Å². The van der Waals surface area contributed by atoms with Crippen molar-refractivity contribution in [2.45, 2.75) is 13.0 Å². The molecule has 0 saturated heterocycles. The van der Waals surface area contributed by atoms with Crippen molar-refractivity contribution in [2.24, 2.45) is 0 Å². The van der Waals surface area contributed by atoms with Gasteiger partial charge in [0.2, 0.25) is 0 Å². The molecule has 0 bridgehead atoms. The maximum atomic E-state index is 10.9. The third kappa shape index (κ3) is 4.31. The number of ether oxygens (including phenoxy) is 2. The Kier molecular flexibility index (Phi) is 6.10. The van der Waals surface area contributed by atoms with E-state index in [-0.39, 0.29) is 5.69 Å². The van der Waals surface area contributed by atoms with Crippen molar-refractivity contribution >= 4 is 5.69 Å². The van der Waals surface area contributed by atoms with Crippen molar-refractivity contribution in [1.29, 1.82) is 0 Å². The number of nitro benzene ring substituents is 1. The van der Waals surface area contributed by atoms with Crippen LogP contribution in [0.2, 0.25) is 0 Å². The van der Waals surface area contributed by atoms with Crippen molar-refractivity contribution in [3.63, 3.8) is 0 Å². The standard InChI is InChI=1S/C12H18N2O4/c1-13-9-10-4-5-12(11(8-10)14(15)16)18-7-3-6-17-2/h4-5,8,13H,3,6-7,9H2,1-2H3. The molecule has 0 aliphatic rings. The van der Waals surface area contributed by atoms with Crippen molar-refractivity contribution in [1.82, 2.24) is 5.32 Å². The Morgan fingerprint density at radius 1 is 1.39 bits per heavy atom. The maximum Gasteiger partial charge on any atom is 0.311 e. The van der Waals surface area contributed by atoms with Crippen LogP contribution in [0.1, 0.15) is 12.0 Å². The molecule has 1 aromatic rings. The van der Waals surface area contributed by atoms with Crippen LogP contribution in [-0.2, 0) is 11.3 Å². The van der Waals surface area contributed by atoms with Crippen molar-refractivity contribution in [3.05, 3.63) is 33.9 Å². The number of nitro groups is 1. The molecule has 0 saturated carbocycles. The summed E-state index contributed by atoms with van der Waals surface area (Å²) in [7, 11) is 3.40. The van der Waals surface area contributed by atoms with E-state index < -0.39 is 4.92 Å². The smallest absolute Gasteiger partial charge is 0.311 e. The van der Waals surface area contributed by atoms with Gasteiger partial charge in [0.15, 0.2) is 5.75 Å². The molecule has 0 heterocycles. The second-order valence-corrected chi connectivity index (χ2v) is 3.78. The molecule has 1 aromatic carbocycles. The van der Waals surface area contributed by atoms with Gasteiger partial charge in [0.25, 0.3) is 0 Å². The topological polar surface area (TPSA) is 73.6 Å². The number of methoxy groups -OCH3 is 1. The molecule has 0 spiro atoms. The van der Waals surface area contributed by atoms with Gasteiger partial charge in [-0.3, -0.25) is 10.1 Å². The molecular formula is C12H18N2O4. The minimum absolute atomic E-state index is 0.000154. The average molecular weight is 254 g/mol. The lowest BCUT2D eigenvalue weighted by atomic mass is 10.2. The molecule has 6 heteroatoms. The molecule has 1 rings (SSSR count). The first-order chi connectivity index (χ1) is 8.69. The van der Waals surface area contributed by atoms with Gasteiger partial charge in [-0.2, -0.15) is 0 Å². The van der Waals surface area contributed by atoms with E-state index in [4.69, 9.17) is 9.47 Å². The zero-order valence-corrected chi connectivity index (χ0v) is 10.6. The van der Waals surface area contributed by atoms with E-state index in [0.29, 0.717) is 31.9 Å². The first kappa shape index (κ1) is 14.4. The summed E-state index contributed by atoms with van der Waals surface area (Å²) in [5.74, 6) is 0.302. The highest BCUT2D eigenvalue weighted by atomic mass is 16.6. The third-order valence-electron chi connectivity index (χ3n) is 2.35. The summed E-state index contributed by atoms with van der Waals surface area (Å²) in [6.07, 6.45) is 0.700. The predicted octanol–water partition coefficient (Wildman–Crippen LogP) is 1.73. The van der Waals surface area contributed by atoms with Gasteiger partial charge < -0.3 is 14.8 Å². The molecule has 100 valence electrons. The molecule has 0 radical (unpaired) electrons. The van der Waals surface area contributed by atoms with Gasteiger partial charge >= 0.3 is 5.69 Å². The van der Waals surface area contributed by atoms with Crippen LogP contribution in [0, 0.1) is 10.1 Å². The Balaban J connectivity index is 2.73. The summed E-state index contributed by atoms with van der Waals surface area (Å²) < 4.78 is 10.3. The zero-order chi connectivity index (χ0) is 13.4. The average Bonchev–Trinajstić information content (AvgIpc) is 2.36. The molecule has 6 nitrogen and oxygen atoms in total. The molecule has 0 atom stereocenters. The normalized spacial score (nSPS) is 10.3. The summed E-state index contributed by atoms with van der Waals surface area (Å²) in [4.78, 5) is 10.5. The van der Waals surface area contributed by atoms with Gasteiger partial charge in [0, 0.05) is 32.7 Å². The lowest BCUT2D eigenvalue weighted by Crippen LogP contribution is -2.07. The Hall–Kier alpha value is -1.66. The molecule has 0 aliphatic carbocycles. The summed E-state index contributed by atoms with van der Waals surface area (Å²) in [5, 5.41) is 13.9. The highest BCUT2D eigenvalue weighted by Crippen LogP contribution is 2.28. The van der Waals surface area contributed by atoms with E-state index >= 15 is 0 Å². The fourth-order valence-corrected chi connectivity index (χ4v) is 1.53. The van der Waals surface area contributed by atoms with Gasteiger partial charge in [0.1, 0.15) is 0 Å². The number of hydrogen-bond acceptors (Lipinski definition) is 5. The largest absolute Gasteiger partial charge is 0.487 e. The summed E-state index contributed by atoms with van der Waals surface area (Å²) >= 11 is 0. The Morgan fingerprint density at radius 2 is 2.17 bits per heavy atom. The highest BCUT2D eigenvalue weighted by Gasteiger charge is 2.15. The summed E-state index contributed by atoms with van der Waals surface area (Å²) in [5.41, 5.74) is 0.855. The second kappa shape index (κ2) is 7.62. The monoisotopic (exact) mass is 254 g/mol. The fourth-order valence-electron chi connectivity index (χ4n) is 1.53. The van der Waals surface area contributed by atoms with Crippen LogP contribution in [0.3, 0.4) is 0 Å². The first-order valence-electron chi connectivity index (χ1n) is 5.72. The van der Waals surface area contributed by atoms with E-state index in [0.717, 1.165) is 5.56 Å². The zero-order valence-electron chi connectivity index (χ0n) is 10.6. The lowest BCUT2D eigenvalue weighted by molar-refractivity contribution is -0.385. The van der Waals surface area contributed by atoms with E-state index in [2.05, 4.69) is 5.32 Å². The Labute approximate surface area is 106 Å². The van der Waals surface area contributed by atoms with E-state index in [1.807, 2.05) is 6.07 Å². The quantitative estimate of drug-likeness (QED) is 0.434. The van der Waals surface area contributed by atoms with Gasteiger partial charge in [-0.05, 0) is 18.7 Å². The molecule has 0 aliphatic heterocycles. The maximum absolute atomic E-state index is 10.9. The van der Waals surface area contributed by atoms with Crippen LogP contribution in [0.25, 0.3) is 0 Å². The lowest BCUT2D eigenvalue weighted by Gasteiger charge is -2.08. The van der Waals surface area contributed by atoms with Gasteiger partial charge in [0.05, 0.1) is 11.5 Å². The molecule has 0 amide bonds. The fraction of sp³-hybridized carbons (Fsp3) is 0.500. The Morgan fingerprint density at radius 3 is 2.78 bits per heavy atom. The van der Waals surface area contributed by atoms with Crippen LogP contribution >= 0.6 is 0 Å². The van der Waals surface area contributed by atoms with E-state index in [1.165, 1.54) is 6.07 Å². The van der Waals surface area contributed by atoms with E-state index in [1.54, 1.807) is 20.2 Å². The molecule has 0 aromatic heterocycles. The number of nitrogens with zero attached hydrogens (tertiary/aromatic N) is 1. The molecule has 18 heavy (non-hydrogen) atoms. The van der Waals surface area contributed by atoms with Gasteiger partial charge in [-0.15, -0.1) is 0 Å². The molecule has 1 N–H and O–H groups in total. The van der Waals surface area contributed by atoms with Crippen molar-refractivity contribution in [2.75, 3.05) is 27.4 Å². The van der Waals surface area contributed by atoms with Crippen molar-refractivity contribution in [3.8, 4) is 5.75 Å². The summed E-state index contributed by atoms with van der Waals surface area (Å²) in [6.45, 7) is 1.57. The minimum Gasteiger partial charge on any atom is -0.487 e. The van der Waals surface area contributed by atoms with Crippen LogP contribution < -0.4 is 10.1 Å². The number of nitrogens with one attached hydrogen (secondary N) is 1. The van der Waals surface area contributed by atoms with Gasteiger partial charge in [-0.1, -0.05) is 6.07 Å². The number of hydrogen-bond donors (Lipinski definition) is 1. The highest BCUT2D eigenvalue weighted by molar-refractivity contribution is 5.48. The molecular weight excluding hydrogens is 236 g/mol. The van der Waals surface area contributed by atoms with E-state index in [9.17, 15) is 10.1 Å². The Bertz CT molecular complexity index is 396. The van der Waals surface area contributed by atoms with Gasteiger partial charge in [-0.25, -0.2) is 0 Å². The van der Waals surface area contributed by atoms with Crippen LogP contribution in [0.5, 0.6) is 5.75 Å². The molecule has 0 fully saturated rings. The van der Waals surface area contributed by atoms with Crippen LogP contribution in [0.4, 0.5) is 5.69 Å². The van der Waals surface area contributed by atoms with Crippen molar-refractivity contribution < 1.29 is 14.4 Å². The minimum atomic E-state index is -0.426. The SMILES string of the molecule is CNCc1ccc(OCCCOC)c([N+](=O)[O-])c1. The van der Waals surface area contributed by atoms with Crippen LogP contribution in [0.15, 0.2) is 18.2 Å². The molecule has 0 unspecified atom stereocenters. The third-order valence-corrected chi connectivity index (χ3v) is 2.35. The first-order valence-corrected chi connectivity index (χ1v) is 5.72. The predicted molar refractivity (Wildman–Crippen MR) is 67.8 cm³/mol. The number of benzene rings is 1. The number of rotatable bonds is 8.